The van der Waals surface area contributed by atoms with Gasteiger partial charge in [0.2, 0.25) is 11.8 Å². The van der Waals surface area contributed by atoms with E-state index in [1.807, 2.05) is 56.3 Å². The zero-order valence-corrected chi connectivity index (χ0v) is 17.4. The Hall–Kier alpha value is -1.98. The Bertz CT molecular complexity index is 780. The summed E-state index contributed by atoms with van der Waals surface area (Å²) in [6.07, 6.45) is 0.533. The van der Waals surface area contributed by atoms with Crippen LogP contribution in [-0.2, 0) is 16.1 Å². The number of likely N-dealkylation sites (N-methyl/N-ethyl adjacent to an activating group) is 1. The van der Waals surface area contributed by atoms with Gasteiger partial charge in [0.15, 0.2) is 0 Å². The van der Waals surface area contributed by atoms with Crippen molar-refractivity contribution >= 4 is 35.2 Å². The maximum Gasteiger partial charge on any atom is 0.242 e. The van der Waals surface area contributed by atoms with Crippen LogP contribution >= 0.6 is 23.4 Å². The van der Waals surface area contributed by atoms with E-state index in [4.69, 9.17) is 11.6 Å². The van der Waals surface area contributed by atoms with Crippen molar-refractivity contribution in [2.45, 2.75) is 37.8 Å². The minimum Gasteiger partial charge on any atom is -0.357 e. The summed E-state index contributed by atoms with van der Waals surface area (Å²) < 4.78 is 0. The lowest BCUT2D eigenvalue weighted by molar-refractivity contribution is -0.139. The first-order valence-electron chi connectivity index (χ1n) is 8.90. The molecular weight excluding hydrogens is 380 g/mol. The summed E-state index contributed by atoms with van der Waals surface area (Å²) in [4.78, 5) is 28.0. The lowest BCUT2D eigenvalue weighted by atomic mass is 10.1. The summed E-state index contributed by atoms with van der Waals surface area (Å²) in [5, 5.41) is 3.25. The van der Waals surface area contributed by atoms with Gasteiger partial charge in [0, 0.05) is 23.5 Å². The molecule has 0 saturated heterocycles. The van der Waals surface area contributed by atoms with E-state index in [1.165, 1.54) is 17.3 Å². The van der Waals surface area contributed by atoms with Gasteiger partial charge in [-0.25, -0.2) is 0 Å². The fourth-order valence-electron chi connectivity index (χ4n) is 2.76. The van der Waals surface area contributed by atoms with Crippen LogP contribution in [0.1, 0.15) is 24.5 Å². The number of aryl methyl sites for hydroxylation is 1. The Morgan fingerprint density at radius 2 is 1.81 bits per heavy atom. The van der Waals surface area contributed by atoms with Crippen molar-refractivity contribution in [3.63, 3.8) is 0 Å². The molecule has 0 aliphatic heterocycles. The number of carbonyl (C=O) groups excluding carboxylic acids is 2. The van der Waals surface area contributed by atoms with Gasteiger partial charge in [-0.05, 0) is 37.1 Å². The second-order valence-electron chi connectivity index (χ2n) is 6.25. The van der Waals surface area contributed by atoms with Crippen LogP contribution < -0.4 is 5.32 Å². The third-order valence-corrected chi connectivity index (χ3v) is 5.68. The molecule has 6 heteroatoms. The molecule has 27 heavy (non-hydrogen) atoms. The van der Waals surface area contributed by atoms with Crippen molar-refractivity contribution in [3.8, 4) is 0 Å². The molecule has 2 rings (SSSR count). The molecule has 1 unspecified atom stereocenters. The summed E-state index contributed by atoms with van der Waals surface area (Å²) in [6.45, 7) is 4.24. The predicted molar refractivity (Wildman–Crippen MR) is 112 cm³/mol. The fraction of sp³-hybridized carbons (Fsp3) is 0.333. The van der Waals surface area contributed by atoms with Crippen LogP contribution in [0.2, 0.25) is 5.02 Å². The average Bonchev–Trinajstić information content (AvgIpc) is 2.68. The average molecular weight is 405 g/mol. The molecule has 0 radical (unpaired) electrons. The second kappa shape index (κ2) is 10.4. The Labute approximate surface area is 170 Å². The standard InChI is InChI=1S/C21H25ClN2O2S/c1-4-19(21(26)23-3)24(13-16-7-5-6-8-18(16)22)20(25)14-27-17-11-9-15(2)10-12-17/h5-12,19H,4,13-14H2,1-3H3,(H,23,26). The number of hydrogen-bond donors (Lipinski definition) is 1. The highest BCUT2D eigenvalue weighted by Crippen LogP contribution is 2.23. The molecule has 0 aromatic heterocycles. The molecule has 2 amide bonds. The zero-order chi connectivity index (χ0) is 19.8. The third kappa shape index (κ3) is 6.01. The quantitative estimate of drug-likeness (QED) is 0.667. The molecule has 0 spiro atoms. The van der Waals surface area contributed by atoms with E-state index < -0.39 is 6.04 Å². The molecule has 4 nitrogen and oxygen atoms in total. The molecular formula is C21H25ClN2O2S. The smallest absolute Gasteiger partial charge is 0.242 e. The molecule has 0 aliphatic rings. The zero-order valence-electron chi connectivity index (χ0n) is 15.9. The third-order valence-electron chi connectivity index (χ3n) is 4.31. The first-order valence-corrected chi connectivity index (χ1v) is 10.3. The molecule has 0 bridgehead atoms. The number of rotatable bonds is 8. The van der Waals surface area contributed by atoms with Crippen LogP contribution in [0.3, 0.4) is 0 Å². The summed E-state index contributed by atoms with van der Waals surface area (Å²) in [5.41, 5.74) is 2.01. The van der Waals surface area contributed by atoms with Crippen molar-refractivity contribution in [1.82, 2.24) is 10.2 Å². The van der Waals surface area contributed by atoms with E-state index in [-0.39, 0.29) is 17.6 Å². The predicted octanol–water partition coefficient (Wildman–Crippen LogP) is 4.29. The molecule has 0 saturated carbocycles. The van der Waals surface area contributed by atoms with E-state index in [2.05, 4.69) is 5.32 Å². The van der Waals surface area contributed by atoms with Crippen LogP contribution in [0.15, 0.2) is 53.4 Å². The number of halogens is 1. The minimum absolute atomic E-state index is 0.0871. The van der Waals surface area contributed by atoms with E-state index in [9.17, 15) is 9.59 Å². The Morgan fingerprint density at radius 3 is 2.41 bits per heavy atom. The number of thioether (sulfide) groups is 1. The molecule has 2 aromatic carbocycles. The van der Waals surface area contributed by atoms with E-state index >= 15 is 0 Å². The molecule has 144 valence electrons. The lowest BCUT2D eigenvalue weighted by Crippen LogP contribution is -2.48. The van der Waals surface area contributed by atoms with Crippen LogP contribution in [0, 0.1) is 6.92 Å². The molecule has 0 heterocycles. The van der Waals surface area contributed by atoms with Crippen molar-refractivity contribution < 1.29 is 9.59 Å². The number of carbonyl (C=O) groups is 2. The van der Waals surface area contributed by atoms with E-state index in [0.717, 1.165) is 10.5 Å². The molecule has 1 atom stereocenters. The first kappa shape index (κ1) is 21.3. The highest BCUT2D eigenvalue weighted by atomic mass is 35.5. The van der Waals surface area contributed by atoms with Crippen molar-refractivity contribution in [1.29, 1.82) is 0 Å². The van der Waals surface area contributed by atoms with Gasteiger partial charge in [0.25, 0.3) is 0 Å². The highest BCUT2D eigenvalue weighted by Gasteiger charge is 2.28. The van der Waals surface area contributed by atoms with Crippen molar-refractivity contribution in [3.05, 3.63) is 64.7 Å². The maximum atomic E-state index is 13.0. The Kier molecular flexibility index (Phi) is 8.20. The van der Waals surface area contributed by atoms with Crippen LogP contribution in [0.25, 0.3) is 0 Å². The van der Waals surface area contributed by atoms with E-state index in [0.29, 0.717) is 18.0 Å². The fourth-order valence-corrected chi connectivity index (χ4v) is 3.74. The van der Waals surface area contributed by atoms with Gasteiger partial charge in [-0.2, -0.15) is 0 Å². The van der Waals surface area contributed by atoms with Crippen LogP contribution in [-0.4, -0.2) is 35.6 Å². The van der Waals surface area contributed by atoms with Gasteiger partial charge >= 0.3 is 0 Å². The number of benzene rings is 2. The summed E-state index contributed by atoms with van der Waals surface area (Å²) in [7, 11) is 1.59. The van der Waals surface area contributed by atoms with Gasteiger partial charge in [0.1, 0.15) is 6.04 Å². The van der Waals surface area contributed by atoms with Crippen molar-refractivity contribution in [2.75, 3.05) is 12.8 Å². The first-order chi connectivity index (χ1) is 13.0. The molecule has 0 fully saturated rings. The van der Waals surface area contributed by atoms with Gasteiger partial charge in [-0.3, -0.25) is 9.59 Å². The molecule has 1 N–H and O–H groups in total. The van der Waals surface area contributed by atoms with E-state index in [1.54, 1.807) is 18.0 Å². The van der Waals surface area contributed by atoms with Gasteiger partial charge in [-0.1, -0.05) is 54.4 Å². The number of nitrogens with zero attached hydrogens (tertiary/aromatic N) is 1. The van der Waals surface area contributed by atoms with Gasteiger partial charge in [-0.15, -0.1) is 11.8 Å². The summed E-state index contributed by atoms with van der Waals surface area (Å²) in [6, 6.07) is 14.9. The minimum atomic E-state index is -0.530. The Balaban J connectivity index is 2.19. The van der Waals surface area contributed by atoms with Gasteiger partial charge < -0.3 is 10.2 Å². The molecule has 0 aliphatic carbocycles. The van der Waals surface area contributed by atoms with Crippen LogP contribution in [0.5, 0.6) is 0 Å². The monoisotopic (exact) mass is 404 g/mol. The molecule has 2 aromatic rings. The number of nitrogens with one attached hydrogen (secondary N) is 1. The summed E-state index contributed by atoms with van der Waals surface area (Å²) in [5.74, 6) is 0.00950. The van der Waals surface area contributed by atoms with Crippen LogP contribution in [0.4, 0.5) is 0 Å². The number of hydrogen-bond acceptors (Lipinski definition) is 3. The maximum absolute atomic E-state index is 13.0. The topological polar surface area (TPSA) is 49.4 Å². The summed E-state index contributed by atoms with van der Waals surface area (Å²) >= 11 is 7.75. The highest BCUT2D eigenvalue weighted by molar-refractivity contribution is 8.00. The SMILES string of the molecule is CCC(C(=O)NC)N(Cc1ccccc1Cl)C(=O)CSc1ccc(C)cc1. The normalized spacial score (nSPS) is 11.7. The van der Waals surface area contributed by atoms with Crippen molar-refractivity contribution in [2.24, 2.45) is 0 Å². The number of amides is 2. The Morgan fingerprint density at radius 1 is 1.15 bits per heavy atom. The lowest BCUT2D eigenvalue weighted by Gasteiger charge is -2.30. The largest absolute Gasteiger partial charge is 0.357 e. The second-order valence-corrected chi connectivity index (χ2v) is 7.71. The van der Waals surface area contributed by atoms with Gasteiger partial charge in [0.05, 0.1) is 5.75 Å².